The van der Waals surface area contributed by atoms with Crippen molar-refractivity contribution in [3.05, 3.63) is 76.0 Å². The number of Topliss-reactive ketones (excluding diaryl/α,β-unsaturated/α-hetero) is 1. The summed E-state index contributed by atoms with van der Waals surface area (Å²) in [5, 5.41) is 15.9. The second kappa shape index (κ2) is 7.00. The Morgan fingerprint density at radius 2 is 1.97 bits per heavy atom. The molecule has 2 heterocycles. The summed E-state index contributed by atoms with van der Waals surface area (Å²) in [5.41, 5.74) is 3.57. The molecule has 0 saturated carbocycles. The number of nitrogens with one attached hydrogen (secondary N) is 1. The monoisotopic (exact) mass is 407 g/mol. The Kier molecular flexibility index (Phi) is 4.32. The Labute approximate surface area is 172 Å². The van der Waals surface area contributed by atoms with E-state index >= 15 is 0 Å². The molecule has 5 rings (SSSR count). The highest BCUT2D eigenvalue weighted by Crippen LogP contribution is 2.44. The molecule has 2 aromatic carbocycles. The molecule has 3 aromatic rings. The van der Waals surface area contributed by atoms with Crippen LogP contribution in [0.3, 0.4) is 0 Å². The van der Waals surface area contributed by atoms with E-state index in [2.05, 4.69) is 20.8 Å². The Morgan fingerprint density at radius 1 is 1.14 bits per heavy atom. The molecule has 0 saturated heterocycles. The van der Waals surface area contributed by atoms with Crippen LogP contribution in [0, 0.1) is 0 Å². The van der Waals surface area contributed by atoms with Crippen LogP contribution in [0.25, 0.3) is 0 Å². The fraction of sp³-hybridized carbons (Fsp3) is 0.238. The molecule has 7 nitrogen and oxygen atoms in total. The van der Waals surface area contributed by atoms with Gasteiger partial charge in [-0.1, -0.05) is 41.0 Å². The lowest BCUT2D eigenvalue weighted by Gasteiger charge is -2.34. The SMILES string of the molecule is COc1ccc([C@@H]2CC(=O)C3=C(C2)Nc2nnnn2[C@H]3c2cccc(Cl)c2)cc1. The third-order valence-corrected chi connectivity index (χ3v) is 5.77. The molecule has 0 unspecified atom stereocenters. The number of fused-ring (bicyclic) bond motifs is 1. The number of carbonyl (C=O) groups is 1. The maximum atomic E-state index is 13.3. The number of rotatable bonds is 3. The molecule has 0 bridgehead atoms. The van der Waals surface area contributed by atoms with Gasteiger partial charge < -0.3 is 10.1 Å². The molecule has 1 N–H and O–H groups in total. The van der Waals surface area contributed by atoms with Crippen LogP contribution in [0.5, 0.6) is 5.75 Å². The van der Waals surface area contributed by atoms with Crippen molar-refractivity contribution in [2.75, 3.05) is 12.4 Å². The minimum atomic E-state index is -0.390. The summed E-state index contributed by atoms with van der Waals surface area (Å²) in [4.78, 5) is 13.3. The highest BCUT2D eigenvalue weighted by molar-refractivity contribution is 6.30. The van der Waals surface area contributed by atoms with Gasteiger partial charge >= 0.3 is 0 Å². The molecule has 0 radical (unpaired) electrons. The smallest absolute Gasteiger partial charge is 0.248 e. The predicted octanol–water partition coefficient (Wildman–Crippen LogP) is 3.75. The van der Waals surface area contributed by atoms with Crippen LogP contribution in [-0.2, 0) is 4.79 Å². The second-order valence-electron chi connectivity index (χ2n) is 7.22. The van der Waals surface area contributed by atoms with Crippen molar-refractivity contribution in [2.45, 2.75) is 24.8 Å². The third kappa shape index (κ3) is 3.07. The summed E-state index contributed by atoms with van der Waals surface area (Å²) in [5.74, 6) is 1.50. The van der Waals surface area contributed by atoms with Crippen LogP contribution in [-0.4, -0.2) is 33.1 Å². The maximum absolute atomic E-state index is 13.3. The number of tetrazole rings is 1. The van der Waals surface area contributed by atoms with E-state index in [1.54, 1.807) is 11.8 Å². The Hall–Kier alpha value is -3.19. The van der Waals surface area contributed by atoms with E-state index in [1.807, 2.05) is 48.5 Å². The zero-order valence-electron chi connectivity index (χ0n) is 15.7. The summed E-state index contributed by atoms with van der Waals surface area (Å²) in [7, 11) is 1.64. The van der Waals surface area contributed by atoms with Gasteiger partial charge in [-0.05, 0) is 58.2 Å². The largest absolute Gasteiger partial charge is 0.497 e. The number of anilines is 1. The number of aromatic nitrogens is 4. The zero-order chi connectivity index (χ0) is 20.0. The van der Waals surface area contributed by atoms with Gasteiger partial charge in [0.25, 0.3) is 0 Å². The standard InChI is InChI=1S/C21H18ClN5O2/c1-29-16-7-5-12(6-8-16)14-10-17-19(18(28)11-14)20(13-3-2-4-15(22)9-13)27-21(23-17)24-25-26-27/h2-9,14,20H,10-11H2,1H3,(H,23,24,26)/t14-,20-/m0/s1. The summed E-state index contributed by atoms with van der Waals surface area (Å²) < 4.78 is 6.89. The number of benzene rings is 2. The van der Waals surface area contributed by atoms with Crippen molar-refractivity contribution >= 4 is 23.3 Å². The van der Waals surface area contributed by atoms with Crippen molar-refractivity contribution in [1.82, 2.24) is 20.2 Å². The molecule has 0 spiro atoms. The number of ketones is 1. The Morgan fingerprint density at radius 3 is 2.72 bits per heavy atom. The summed E-state index contributed by atoms with van der Waals surface area (Å²) in [6, 6.07) is 15.0. The molecule has 2 atom stereocenters. The highest BCUT2D eigenvalue weighted by Gasteiger charge is 2.39. The van der Waals surface area contributed by atoms with Crippen LogP contribution in [0.1, 0.15) is 35.9 Å². The number of methoxy groups -OCH3 is 1. The number of nitrogens with zero attached hydrogens (tertiary/aromatic N) is 4. The third-order valence-electron chi connectivity index (χ3n) is 5.53. The minimum absolute atomic E-state index is 0.0853. The molecular formula is C21H18ClN5O2. The van der Waals surface area contributed by atoms with E-state index in [1.165, 1.54) is 0 Å². The van der Waals surface area contributed by atoms with Crippen molar-refractivity contribution < 1.29 is 9.53 Å². The number of ether oxygens (including phenoxy) is 1. The molecule has 1 aliphatic carbocycles. The van der Waals surface area contributed by atoms with Crippen LogP contribution in [0.15, 0.2) is 59.8 Å². The minimum Gasteiger partial charge on any atom is -0.497 e. The maximum Gasteiger partial charge on any atom is 0.248 e. The first-order valence-electron chi connectivity index (χ1n) is 9.34. The Balaban J connectivity index is 1.56. The average Bonchev–Trinajstić information content (AvgIpc) is 3.20. The molecular weight excluding hydrogens is 390 g/mol. The van der Waals surface area contributed by atoms with Crippen LogP contribution in [0.4, 0.5) is 5.95 Å². The fourth-order valence-corrected chi connectivity index (χ4v) is 4.37. The summed E-state index contributed by atoms with van der Waals surface area (Å²) in [6.45, 7) is 0. The van der Waals surface area contributed by atoms with Crippen molar-refractivity contribution in [3.63, 3.8) is 0 Å². The number of hydrogen-bond acceptors (Lipinski definition) is 6. The van der Waals surface area contributed by atoms with Crippen molar-refractivity contribution in [3.8, 4) is 5.75 Å². The topological polar surface area (TPSA) is 81.9 Å². The van der Waals surface area contributed by atoms with Gasteiger partial charge in [0.05, 0.1) is 7.11 Å². The lowest BCUT2D eigenvalue weighted by Crippen LogP contribution is -2.33. The van der Waals surface area contributed by atoms with Gasteiger partial charge in [-0.15, -0.1) is 0 Å². The van der Waals surface area contributed by atoms with Crippen molar-refractivity contribution in [1.29, 1.82) is 0 Å². The van der Waals surface area contributed by atoms with E-state index in [9.17, 15) is 4.79 Å². The number of allylic oxidation sites excluding steroid dienone is 2. The van der Waals surface area contributed by atoms with Gasteiger partial charge in [0.1, 0.15) is 11.8 Å². The summed E-state index contributed by atoms with van der Waals surface area (Å²) in [6.07, 6.45) is 1.14. The molecule has 146 valence electrons. The first-order chi connectivity index (χ1) is 14.1. The van der Waals surface area contributed by atoms with Crippen LogP contribution in [0.2, 0.25) is 5.02 Å². The average molecular weight is 408 g/mol. The van der Waals surface area contributed by atoms with E-state index in [4.69, 9.17) is 16.3 Å². The molecule has 29 heavy (non-hydrogen) atoms. The van der Waals surface area contributed by atoms with Gasteiger partial charge in [-0.3, -0.25) is 4.79 Å². The number of halogens is 1. The molecule has 0 amide bonds. The van der Waals surface area contributed by atoms with Crippen LogP contribution < -0.4 is 10.1 Å². The fourth-order valence-electron chi connectivity index (χ4n) is 4.17. The second-order valence-corrected chi connectivity index (χ2v) is 7.66. The number of carbonyl (C=O) groups excluding carboxylic acids is 1. The lowest BCUT2D eigenvalue weighted by atomic mass is 9.78. The van der Waals surface area contributed by atoms with Crippen molar-refractivity contribution in [2.24, 2.45) is 0 Å². The molecule has 1 aromatic heterocycles. The van der Waals surface area contributed by atoms with Gasteiger partial charge in [-0.2, -0.15) is 4.68 Å². The first kappa shape index (κ1) is 17.9. The normalized spacial score (nSPS) is 20.7. The summed E-state index contributed by atoms with van der Waals surface area (Å²) >= 11 is 6.22. The molecule has 0 fully saturated rings. The van der Waals surface area contributed by atoms with Gasteiger partial charge in [0.15, 0.2) is 5.78 Å². The zero-order valence-corrected chi connectivity index (χ0v) is 16.4. The molecule has 1 aliphatic heterocycles. The van der Waals surface area contributed by atoms with Crippen LogP contribution >= 0.6 is 11.6 Å². The Bertz CT molecular complexity index is 1120. The highest BCUT2D eigenvalue weighted by atomic mass is 35.5. The lowest BCUT2D eigenvalue weighted by molar-refractivity contribution is -0.116. The van der Waals surface area contributed by atoms with E-state index < -0.39 is 0 Å². The predicted molar refractivity (Wildman–Crippen MR) is 108 cm³/mol. The van der Waals surface area contributed by atoms with E-state index in [0.717, 1.165) is 22.6 Å². The number of hydrogen-bond donors (Lipinski definition) is 1. The molecule has 2 aliphatic rings. The molecule has 8 heteroatoms. The van der Waals surface area contributed by atoms with E-state index in [-0.39, 0.29) is 17.7 Å². The quantitative estimate of drug-likeness (QED) is 0.712. The van der Waals surface area contributed by atoms with Gasteiger partial charge in [0, 0.05) is 22.7 Å². The van der Waals surface area contributed by atoms with E-state index in [0.29, 0.717) is 29.4 Å². The van der Waals surface area contributed by atoms with Gasteiger partial charge in [-0.25, -0.2) is 0 Å². The first-order valence-corrected chi connectivity index (χ1v) is 9.72. The van der Waals surface area contributed by atoms with Gasteiger partial charge in [0.2, 0.25) is 5.95 Å².